The van der Waals surface area contributed by atoms with E-state index < -0.39 is 12.1 Å². The highest BCUT2D eigenvalue weighted by molar-refractivity contribution is 5.71. The zero-order chi connectivity index (χ0) is 32.1. The van der Waals surface area contributed by atoms with E-state index in [0.717, 1.165) is 0 Å². The van der Waals surface area contributed by atoms with Gasteiger partial charge in [0.05, 0.1) is 0 Å². The standard InChI is InChI=1S/C36H75N.C3H6O3/c1-4-7-10-13-16-19-22-25-28-31-34-37(35-32-29-26-23-20-17-14-11-8-5-2)36-33-30-27-24-21-18-15-12-9-6-3;1-2(4)3(5)6/h4-36H2,1-3H3;2,4H,1H3,(H,5,6). The van der Waals surface area contributed by atoms with Crippen LogP contribution >= 0.6 is 0 Å². The van der Waals surface area contributed by atoms with Gasteiger partial charge in [0.25, 0.3) is 0 Å². The Morgan fingerprint density at radius 3 is 0.744 bits per heavy atom. The molecule has 2 N–H and O–H groups in total. The molecule has 43 heavy (non-hydrogen) atoms. The van der Waals surface area contributed by atoms with Gasteiger partial charge in [-0.15, -0.1) is 0 Å². The second-order valence-corrected chi connectivity index (χ2v) is 13.4. The summed E-state index contributed by atoms with van der Waals surface area (Å²) in [5.74, 6) is -1.19. The predicted molar refractivity (Wildman–Crippen MR) is 191 cm³/mol. The lowest BCUT2D eigenvalue weighted by atomic mass is 10.1. The van der Waals surface area contributed by atoms with Crippen LogP contribution in [0, 0.1) is 0 Å². The van der Waals surface area contributed by atoms with Gasteiger partial charge >= 0.3 is 5.97 Å². The van der Waals surface area contributed by atoms with Gasteiger partial charge < -0.3 is 15.1 Å². The molecule has 0 rings (SSSR count). The molecule has 0 amide bonds. The Hall–Kier alpha value is -0.610. The van der Waals surface area contributed by atoms with Gasteiger partial charge in [0, 0.05) is 0 Å². The molecule has 4 heteroatoms. The predicted octanol–water partition coefficient (Wildman–Crippen LogP) is 12.5. The molecule has 0 spiro atoms. The highest BCUT2D eigenvalue weighted by atomic mass is 16.4. The number of hydrogen-bond acceptors (Lipinski definition) is 3. The molecule has 1 unspecified atom stereocenters. The van der Waals surface area contributed by atoms with E-state index in [-0.39, 0.29) is 0 Å². The van der Waals surface area contributed by atoms with Crippen molar-refractivity contribution in [3.05, 3.63) is 0 Å². The molecule has 0 aromatic rings. The molecule has 0 aromatic heterocycles. The van der Waals surface area contributed by atoms with E-state index in [1.54, 1.807) is 0 Å². The minimum absolute atomic E-state index is 1.19. The Kier molecular flexibility index (Phi) is 40.8. The first-order chi connectivity index (χ1) is 21.0. The number of rotatable bonds is 34. The van der Waals surface area contributed by atoms with Gasteiger partial charge in [0.2, 0.25) is 0 Å². The second-order valence-electron chi connectivity index (χ2n) is 13.4. The van der Waals surface area contributed by atoms with E-state index in [1.165, 1.54) is 219 Å². The fraction of sp³-hybridized carbons (Fsp3) is 0.974. The molecule has 0 heterocycles. The third kappa shape index (κ3) is 41.4. The Labute approximate surface area is 271 Å². The SMILES string of the molecule is CC(O)C(=O)O.CCCCCCCCCCCCN(CCCCCCCCCCCC)CCCCCCCCCCCC. The van der Waals surface area contributed by atoms with Crippen molar-refractivity contribution in [2.45, 2.75) is 226 Å². The van der Waals surface area contributed by atoms with E-state index >= 15 is 0 Å². The summed E-state index contributed by atoms with van der Waals surface area (Å²) in [6.45, 7) is 12.2. The highest BCUT2D eigenvalue weighted by Gasteiger charge is 2.05. The van der Waals surface area contributed by atoms with Gasteiger partial charge in [-0.3, -0.25) is 0 Å². The Balaban J connectivity index is 0. The molecule has 1 atom stereocenters. The molecule has 0 aliphatic rings. The number of hydrogen-bond donors (Lipinski definition) is 2. The third-order valence-electron chi connectivity index (χ3n) is 8.84. The lowest BCUT2D eigenvalue weighted by Crippen LogP contribution is -2.27. The van der Waals surface area contributed by atoms with Crippen LogP contribution in [0.25, 0.3) is 0 Å². The van der Waals surface area contributed by atoms with Crippen molar-refractivity contribution in [2.24, 2.45) is 0 Å². The Bertz CT molecular complexity index is 454. The fourth-order valence-electron chi connectivity index (χ4n) is 5.80. The summed E-state index contributed by atoms with van der Waals surface area (Å²) in [6.07, 6.45) is 42.4. The minimum Gasteiger partial charge on any atom is -0.479 e. The number of carboxylic acids is 1. The van der Waals surface area contributed by atoms with Crippen LogP contribution in [0.1, 0.15) is 220 Å². The van der Waals surface area contributed by atoms with Gasteiger partial charge in [-0.2, -0.15) is 0 Å². The zero-order valence-electron chi connectivity index (χ0n) is 30.2. The van der Waals surface area contributed by atoms with Crippen molar-refractivity contribution < 1.29 is 15.0 Å². The molecular formula is C39H81NO3. The summed E-state index contributed by atoms with van der Waals surface area (Å²) in [5, 5.41) is 15.8. The number of aliphatic hydroxyl groups is 1. The first-order valence-corrected chi connectivity index (χ1v) is 19.6. The fourth-order valence-corrected chi connectivity index (χ4v) is 5.80. The van der Waals surface area contributed by atoms with Crippen LogP contribution in [-0.2, 0) is 4.79 Å². The first-order valence-electron chi connectivity index (χ1n) is 19.6. The van der Waals surface area contributed by atoms with Crippen LogP contribution < -0.4 is 0 Å². The molecule has 0 saturated carbocycles. The monoisotopic (exact) mass is 612 g/mol. The molecule has 0 aromatic carbocycles. The van der Waals surface area contributed by atoms with E-state index in [1.807, 2.05) is 0 Å². The lowest BCUT2D eigenvalue weighted by molar-refractivity contribution is -0.145. The van der Waals surface area contributed by atoms with E-state index in [2.05, 4.69) is 25.7 Å². The van der Waals surface area contributed by atoms with Crippen LogP contribution in [0.5, 0.6) is 0 Å². The number of aliphatic carboxylic acids is 1. The third-order valence-corrected chi connectivity index (χ3v) is 8.84. The van der Waals surface area contributed by atoms with Crippen LogP contribution in [-0.4, -0.2) is 46.8 Å². The van der Waals surface area contributed by atoms with Crippen LogP contribution in [0.4, 0.5) is 0 Å². The number of carbonyl (C=O) groups is 1. The zero-order valence-corrected chi connectivity index (χ0v) is 30.2. The minimum atomic E-state index is -1.23. The molecule has 0 bridgehead atoms. The smallest absolute Gasteiger partial charge is 0.332 e. The van der Waals surface area contributed by atoms with Gasteiger partial charge in [-0.25, -0.2) is 4.79 Å². The number of nitrogens with zero attached hydrogens (tertiary/aromatic N) is 1. The topological polar surface area (TPSA) is 60.8 Å². The van der Waals surface area contributed by atoms with E-state index in [4.69, 9.17) is 10.2 Å². The summed E-state index contributed by atoms with van der Waals surface area (Å²) in [7, 11) is 0. The molecule has 4 nitrogen and oxygen atoms in total. The Morgan fingerprint density at radius 2 is 0.581 bits per heavy atom. The Morgan fingerprint density at radius 1 is 0.419 bits per heavy atom. The summed E-state index contributed by atoms with van der Waals surface area (Å²) < 4.78 is 0. The van der Waals surface area contributed by atoms with Gasteiger partial charge in [-0.05, 0) is 45.8 Å². The normalized spacial score (nSPS) is 12.0. The molecular weight excluding hydrogens is 530 g/mol. The molecule has 0 aliphatic carbocycles. The van der Waals surface area contributed by atoms with Crippen LogP contribution in [0.3, 0.4) is 0 Å². The van der Waals surface area contributed by atoms with Crippen LogP contribution in [0.2, 0.25) is 0 Å². The highest BCUT2D eigenvalue weighted by Crippen LogP contribution is 2.14. The van der Waals surface area contributed by atoms with Gasteiger partial charge in [0.1, 0.15) is 6.10 Å². The van der Waals surface area contributed by atoms with Crippen molar-refractivity contribution in [1.82, 2.24) is 4.90 Å². The van der Waals surface area contributed by atoms with Crippen molar-refractivity contribution in [3.63, 3.8) is 0 Å². The van der Waals surface area contributed by atoms with E-state index in [9.17, 15) is 4.79 Å². The molecule has 0 aliphatic heterocycles. The average molecular weight is 612 g/mol. The molecule has 0 saturated heterocycles. The quantitative estimate of drug-likeness (QED) is 0.0710. The maximum atomic E-state index is 9.45. The summed E-state index contributed by atoms with van der Waals surface area (Å²) >= 11 is 0. The summed E-state index contributed by atoms with van der Waals surface area (Å²) in [5.41, 5.74) is 0. The van der Waals surface area contributed by atoms with Crippen molar-refractivity contribution >= 4 is 5.97 Å². The van der Waals surface area contributed by atoms with Gasteiger partial charge in [-0.1, -0.05) is 194 Å². The lowest BCUT2D eigenvalue weighted by Gasteiger charge is -2.22. The van der Waals surface area contributed by atoms with Gasteiger partial charge in [0.15, 0.2) is 0 Å². The van der Waals surface area contributed by atoms with E-state index in [0.29, 0.717) is 0 Å². The average Bonchev–Trinajstić information content (AvgIpc) is 2.99. The van der Waals surface area contributed by atoms with Crippen molar-refractivity contribution in [1.29, 1.82) is 0 Å². The maximum absolute atomic E-state index is 9.45. The maximum Gasteiger partial charge on any atom is 0.332 e. The summed E-state index contributed by atoms with van der Waals surface area (Å²) in [4.78, 5) is 12.3. The van der Waals surface area contributed by atoms with Crippen molar-refractivity contribution in [3.8, 4) is 0 Å². The molecule has 0 fully saturated rings. The number of carboxylic acid groups (broad SMARTS) is 1. The second kappa shape index (κ2) is 39.4. The van der Waals surface area contributed by atoms with Crippen molar-refractivity contribution in [2.75, 3.05) is 19.6 Å². The number of aliphatic hydroxyl groups excluding tert-OH is 1. The largest absolute Gasteiger partial charge is 0.479 e. The number of unbranched alkanes of at least 4 members (excludes halogenated alkanes) is 27. The first kappa shape index (κ1) is 44.5. The molecule has 0 radical (unpaired) electrons. The molecule has 260 valence electrons. The summed E-state index contributed by atoms with van der Waals surface area (Å²) in [6, 6.07) is 0. The van der Waals surface area contributed by atoms with Crippen LogP contribution in [0.15, 0.2) is 0 Å².